The zero-order chi connectivity index (χ0) is 12.5. The average molecular weight is 243 g/mol. The molecule has 16 heavy (non-hydrogen) atoms. The Labute approximate surface area is 102 Å². The largest absolute Gasteiger partial charge is 0.495 e. The van der Waals surface area contributed by atoms with E-state index in [1.54, 1.807) is 27.0 Å². The topological polar surface area (TPSA) is 29.5 Å². The van der Waals surface area contributed by atoms with Crippen molar-refractivity contribution in [2.75, 3.05) is 7.11 Å². The molecule has 1 aromatic rings. The molecule has 1 rings (SSSR count). The van der Waals surface area contributed by atoms with Gasteiger partial charge >= 0.3 is 0 Å². The summed E-state index contributed by atoms with van der Waals surface area (Å²) in [4.78, 5) is 0. The Hall–Kier alpha value is -0.730. The fourth-order valence-corrected chi connectivity index (χ4v) is 1.97. The quantitative estimate of drug-likeness (QED) is 0.876. The molecule has 1 N–H and O–H groups in total. The van der Waals surface area contributed by atoms with Gasteiger partial charge in [-0.05, 0) is 43.0 Å². The van der Waals surface area contributed by atoms with Crippen molar-refractivity contribution >= 4 is 11.6 Å². The lowest BCUT2D eigenvalue weighted by Crippen LogP contribution is -2.18. The fraction of sp³-hybridized carbons (Fsp3) is 0.538. The van der Waals surface area contributed by atoms with Crippen LogP contribution in [0.15, 0.2) is 12.1 Å². The molecule has 0 radical (unpaired) electrons. The Kier molecular flexibility index (Phi) is 3.87. The molecule has 0 saturated carbocycles. The predicted molar refractivity (Wildman–Crippen MR) is 67.3 cm³/mol. The van der Waals surface area contributed by atoms with E-state index in [4.69, 9.17) is 16.3 Å². The first-order valence-electron chi connectivity index (χ1n) is 5.37. The third-order valence-electron chi connectivity index (χ3n) is 2.61. The summed E-state index contributed by atoms with van der Waals surface area (Å²) in [6.07, 6.45) is 0. The van der Waals surface area contributed by atoms with E-state index in [-0.39, 0.29) is 0 Å². The standard InChI is InChI=1S/C13H19ClO2/c1-8(2)9-6-12(16-5)11(14)7-10(9)13(3,4)15/h6-8,15H,1-5H3. The maximum atomic E-state index is 10.1. The maximum absolute atomic E-state index is 10.1. The van der Waals surface area contributed by atoms with Gasteiger partial charge in [-0.3, -0.25) is 0 Å². The molecule has 0 unspecified atom stereocenters. The zero-order valence-corrected chi connectivity index (χ0v) is 11.2. The van der Waals surface area contributed by atoms with Gasteiger partial charge in [0.2, 0.25) is 0 Å². The highest BCUT2D eigenvalue weighted by atomic mass is 35.5. The number of halogens is 1. The van der Waals surface area contributed by atoms with Crippen LogP contribution in [0.3, 0.4) is 0 Å². The van der Waals surface area contributed by atoms with E-state index in [9.17, 15) is 5.11 Å². The van der Waals surface area contributed by atoms with Crippen LogP contribution >= 0.6 is 11.6 Å². The lowest BCUT2D eigenvalue weighted by Gasteiger charge is -2.24. The summed E-state index contributed by atoms with van der Waals surface area (Å²) in [7, 11) is 1.59. The minimum atomic E-state index is -0.893. The third kappa shape index (κ3) is 2.69. The van der Waals surface area contributed by atoms with Crippen LogP contribution in [0.5, 0.6) is 5.75 Å². The molecule has 1 aromatic carbocycles. The first-order chi connectivity index (χ1) is 7.27. The molecule has 0 atom stereocenters. The summed E-state index contributed by atoms with van der Waals surface area (Å²) in [5, 5.41) is 10.6. The molecule has 0 aliphatic rings. The van der Waals surface area contributed by atoms with Crippen molar-refractivity contribution in [3.05, 3.63) is 28.3 Å². The highest BCUT2D eigenvalue weighted by molar-refractivity contribution is 6.32. The number of ether oxygens (including phenoxy) is 1. The van der Waals surface area contributed by atoms with Crippen LogP contribution in [0.2, 0.25) is 5.02 Å². The average Bonchev–Trinajstić information content (AvgIpc) is 2.15. The van der Waals surface area contributed by atoms with Gasteiger partial charge in [0.1, 0.15) is 5.75 Å². The first kappa shape index (κ1) is 13.3. The van der Waals surface area contributed by atoms with Crippen molar-refractivity contribution in [2.24, 2.45) is 0 Å². The van der Waals surface area contributed by atoms with Crippen LogP contribution in [-0.4, -0.2) is 12.2 Å². The van der Waals surface area contributed by atoms with Crippen LogP contribution < -0.4 is 4.74 Å². The van der Waals surface area contributed by atoms with Crippen LogP contribution in [-0.2, 0) is 5.60 Å². The monoisotopic (exact) mass is 242 g/mol. The molecular weight excluding hydrogens is 224 g/mol. The maximum Gasteiger partial charge on any atom is 0.137 e. The van der Waals surface area contributed by atoms with Gasteiger partial charge in [0.15, 0.2) is 0 Å². The van der Waals surface area contributed by atoms with Gasteiger partial charge in [-0.1, -0.05) is 25.4 Å². The molecule has 0 fully saturated rings. The van der Waals surface area contributed by atoms with Crippen LogP contribution in [0.1, 0.15) is 44.7 Å². The van der Waals surface area contributed by atoms with Gasteiger partial charge in [-0.15, -0.1) is 0 Å². The van der Waals surface area contributed by atoms with Crippen LogP contribution in [0.25, 0.3) is 0 Å². The smallest absolute Gasteiger partial charge is 0.137 e. The van der Waals surface area contributed by atoms with E-state index in [0.717, 1.165) is 11.1 Å². The zero-order valence-electron chi connectivity index (χ0n) is 10.5. The van der Waals surface area contributed by atoms with Gasteiger partial charge < -0.3 is 9.84 Å². The van der Waals surface area contributed by atoms with Crippen molar-refractivity contribution in [3.63, 3.8) is 0 Å². The highest BCUT2D eigenvalue weighted by Crippen LogP contribution is 2.36. The first-order valence-corrected chi connectivity index (χ1v) is 5.75. The van der Waals surface area contributed by atoms with E-state index in [1.807, 2.05) is 6.07 Å². The van der Waals surface area contributed by atoms with Crippen molar-refractivity contribution in [1.82, 2.24) is 0 Å². The Morgan fingerprint density at radius 2 is 1.88 bits per heavy atom. The Bertz CT molecular complexity index is 378. The number of hydrogen-bond donors (Lipinski definition) is 1. The molecule has 90 valence electrons. The van der Waals surface area contributed by atoms with E-state index >= 15 is 0 Å². The number of benzene rings is 1. The Balaban J connectivity index is 3.42. The highest BCUT2D eigenvalue weighted by Gasteiger charge is 2.23. The number of methoxy groups -OCH3 is 1. The number of rotatable bonds is 3. The third-order valence-corrected chi connectivity index (χ3v) is 2.90. The van der Waals surface area contributed by atoms with E-state index < -0.39 is 5.60 Å². The molecule has 0 bridgehead atoms. The van der Waals surface area contributed by atoms with Crippen LogP contribution in [0, 0.1) is 0 Å². The second kappa shape index (κ2) is 4.64. The summed E-state index contributed by atoms with van der Waals surface area (Å²) >= 11 is 6.08. The van der Waals surface area contributed by atoms with Gasteiger partial charge in [0.05, 0.1) is 17.7 Å². The van der Waals surface area contributed by atoms with Gasteiger partial charge in [-0.25, -0.2) is 0 Å². The molecule has 3 heteroatoms. The molecule has 0 spiro atoms. The summed E-state index contributed by atoms with van der Waals surface area (Å²) in [5.41, 5.74) is 1.03. The molecule has 0 aliphatic heterocycles. The normalized spacial score (nSPS) is 12.0. The number of hydrogen-bond acceptors (Lipinski definition) is 2. The number of aliphatic hydroxyl groups is 1. The van der Waals surface area contributed by atoms with Crippen LogP contribution in [0.4, 0.5) is 0 Å². The van der Waals surface area contributed by atoms with Gasteiger partial charge in [0.25, 0.3) is 0 Å². The summed E-state index contributed by atoms with van der Waals surface area (Å²) in [5.74, 6) is 0.964. The predicted octanol–water partition coefficient (Wildman–Crippen LogP) is 3.70. The summed E-state index contributed by atoms with van der Waals surface area (Å²) in [6.45, 7) is 7.68. The summed E-state index contributed by atoms with van der Waals surface area (Å²) in [6, 6.07) is 3.69. The molecular formula is C13H19ClO2. The summed E-state index contributed by atoms with van der Waals surface area (Å²) < 4.78 is 5.19. The van der Waals surface area contributed by atoms with Crippen molar-refractivity contribution in [3.8, 4) is 5.75 Å². The SMILES string of the molecule is COc1cc(C(C)C)c(C(C)(C)O)cc1Cl. The van der Waals surface area contributed by atoms with Gasteiger partial charge in [-0.2, -0.15) is 0 Å². The second-order valence-electron chi connectivity index (χ2n) is 4.79. The van der Waals surface area contributed by atoms with E-state index in [2.05, 4.69) is 13.8 Å². The fourth-order valence-electron chi connectivity index (χ4n) is 1.73. The lowest BCUT2D eigenvalue weighted by molar-refractivity contribution is 0.0773. The Morgan fingerprint density at radius 3 is 2.25 bits per heavy atom. The molecule has 0 heterocycles. The molecule has 0 aromatic heterocycles. The molecule has 2 nitrogen and oxygen atoms in total. The van der Waals surface area contributed by atoms with Crippen molar-refractivity contribution in [2.45, 2.75) is 39.2 Å². The Morgan fingerprint density at radius 1 is 1.31 bits per heavy atom. The van der Waals surface area contributed by atoms with E-state index in [1.165, 1.54) is 0 Å². The molecule has 0 amide bonds. The minimum Gasteiger partial charge on any atom is -0.495 e. The van der Waals surface area contributed by atoms with E-state index in [0.29, 0.717) is 16.7 Å². The van der Waals surface area contributed by atoms with Gasteiger partial charge in [0, 0.05) is 0 Å². The minimum absolute atomic E-state index is 0.313. The molecule has 0 aliphatic carbocycles. The molecule has 0 saturated heterocycles. The van der Waals surface area contributed by atoms with Crippen molar-refractivity contribution in [1.29, 1.82) is 0 Å². The second-order valence-corrected chi connectivity index (χ2v) is 5.19. The lowest BCUT2D eigenvalue weighted by atomic mass is 9.88. The van der Waals surface area contributed by atoms with Crippen molar-refractivity contribution < 1.29 is 9.84 Å².